The molecule has 1 aliphatic carbocycles. The molecule has 0 bridgehead atoms. The number of ether oxygens (including phenoxy) is 3. The van der Waals surface area contributed by atoms with Crippen molar-refractivity contribution in [2.75, 3.05) is 26.1 Å². The topological polar surface area (TPSA) is 90.9 Å². The summed E-state index contributed by atoms with van der Waals surface area (Å²) >= 11 is 1.32. The fraction of sp³-hybridized carbons (Fsp3) is 0.381. The highest BCUT2D eigenvalue weighted by molar-refractivity contribution is 7.17. The third kappa shape index (κ3) is 4.76. The average molecular weight is 417 g/mol. The summed E-state index contributed by atoms with van der Waals surface area (Å²) in [6.07, 6.45) is 2.02. The second-order valence-electron chi connectivity index (χ2n) is 6.56. The fourth-order valence-corrected chi connectivity index (χ4v) is 4.65. The molecule has 7 nitrogen and oxygen atoms in total. The molecule has 0 spiro atoms. The minimum atomic E-state index is -0.569. The Hall–Kier alpha value is -2.87. The SMILES string of the molecule is COC(=O)c1c(NC(=O)CCCOc2ccccc2)sc2c1C(C(=O)OC)CC2. The Bertz CT molecular complexity index is 892. The lowest BCUT2D eigenvalue weighted by Gasteiger charge is -2.12. The minimum absolute atomic E-state index is 0.221. The number of methoxy groups -OCH3 is 2. The predicted octanol–water partition coefficient (Wildman–Crippen LogP) is 3.54. The first-order chi connectivity index (χ1) is 14.0. The largest absolute Gasteiger partial charge is 0.494 e. The molecule has 1 aliphatic rings. The number of aryl methyl sites for hydroxylation is 1. The molecule has 1 amide bonds. The molecular formula is C21H23NO6S. The number of nitrogens with one attached hydrogen (secondary N) is 1. The van der Waals surface area contributed by atoms with Gasteiger partial charge in [0, 0.05) is 11.3 Å². The van der Waals surface area contributed by atoms with Gasteiger partial charge in [-0.25, -0.2) is 4.79 Å². The van der Waals surface area contributed by atoms with Crippen LogP contribution in [0.3, 0.4) is 0 Å². The summed E-state index contributed by atoms with van der Waals surface area (Å²) in [7, 11) is 2.60. The van der Waals surface area contributed by atoms with E-state index in [2.05, 4.69) is 5.32 Å². The van der Waals surface area contributed by atoms with E-state index in [4.69, 9.17) is 14.2 Å². The van der Waals surface area contributed by atoms with E-state index in [9.17, 15) is 14.4 Å². The third-order valence-electron chi connectivity index (χ3n) is 4.72. The number of benzene rings is 1. The zero-order valence-corrected chi connectivity index (χ0v) is 17.2. The first-order valence-electron chi connectivity index (χ1n) is 9.34. The normalized spacial score (nSPS) is 14.8. The maximum Gasteiger partial charge on any atom is 0.341 e. The van der Waals surface area contributed by atoms with Crippen LogP contribution in [0.1, 0.15) is 46.0 Å². The first kappa shape index (κ1) is 20.9. The number of anilines is 1. The maximum absolute atomic E-state index is 12.4. The molecule has 1 N–H and O–H groups in total. The standard InChI is InChI=1S/C21H23NO6S/c1-26-20(24)14-10-11-15-17(14)18(21(25)27-2)19(29-15)22-16(23)9-6-12-28-13-7-4-3-5-8-13/h3-5,7-8,14H,6,9-12H2,1-2H3,(H,22,23). The summed E-state index contributed by atoms with van der Waals surface area (Å²) in [6.45, 7) is 0.409. The van der Waals surface area contributed by atoms with Crippen molar-refractivity contribution in [1.29, 1.82) is 0 Å². The van der Waals surface area contributed by atoms with Crippen LogP contribution in [0.15, 0.2) is 30.3 Å². The number of carbonyl (C=O) groups excluding carboxylic acids is 3. The van der Waals surface area contributed by atoms with Crippen LogP contribution >= 0.6 is 11.3 Å². The summed E-state index contributed by atoms with van der Waals surface area (Å²) in [5, 5.41) is 3.22. The van der Waals surface area contributed by atoms with Gasteiger partial charge in [-0.1, -0.05) is 18.2 Å². The van der Waals surface area contributed by atoms with E-state index in [1.807, 2.05) is 30.3 Å². The lowest BCUT2D eigenvalue weighted by atomic mass is 9.99. The molecule has 154 valence electrons. The number of carbonyl (C=O) groups is 3. The van der Waals surface area contributed by atoms with Gasteiger partial charge in [0.2, 0.25) is 5.91 Å². The number of fused-ring (bicyclic) bond motifs is 1. The predicted molar refractivity (Wildman–Crippen MR) is 109 cm³/mol. The van der Waals surface area contributed by atoms with Gasteiger partial charge in [0.15, 0.2) is 0 Å². The highest BCUT2D eigenvalue weighted by atomic mass is 32.1. The maximum atomic E-state index is 12.4. The molecular weight excluding hydrogens is 394 g/mol. The molecule has 0 saturated heterocycles. The van der Waals surface area contributed by atoms with E-state index < -0.39 is 11.9 Å². The van der Waals surface area contributed by atoms with E-state index in [0.717, 1.165) is 10.6 Å². The van der Waals surface area contributed by atoms with Crippen molar-refractivity contribution in [2.24, 2.45) is 0 Å². The molecule has 3 rings (SSSR count). The third-order valence-corrected chi connectivity index (χ3v) is 5.90. The van der Waals surface area contributed by atoms with Gasteiger partial charge in [-0.15, -0.1) is 11.3 Å². The van der Waals surface area contributed by atoms with Gasteiger partial charge < -0.3 is 19.5 Å². The zero-order chi connectivity index (χ0) is 20.8. The number of hydrogen-bond donors (Lipinski definition) is 1. The zero-order valence-electron chi connectivity index (χ0n) is 16.4. The molecule has 8 heteroatoms. The quantitative estimate of drug-likeness (QED) is 0.522. The van der Waals surface area contributed by atoms with Crippen LogP contribution in [-0.2, 0) is 25.5 Å². The second kappa shape index (κ2) is 9.56. The van der Waals surface area contributed by atoms with E-state index in [0.29, 0.717) is 36.4 Å². The average Bonchev–Trinajstić information content (AvgIpc) is 3.29. The fourth-order valence-electron chi connectivity index (χ4n) is 3.36. The van der Waals surface area contributed by atoms with Crippen LogP contribution in [0.4, 0.5) is 5.00 Å². The van der Waals surface area contributed by atoms with Crippen LogP contribution in [0.25, 0.3) is 0 Å². The lowest BCUT2D eigenvalue weighted by molar-refractivity contribution is -0.142. The van der Waals surface area contributed by atoms with Gasteiger partial charge in [0.25, 0.3) is 0 Å². The number of thiophene rings is 1. The second-order valence-corrected chi connectivity index (χ2v) is 7.67. The number of esters is 2. The number of rotatable bonds is 8. The van der Waals surface area contributed by atoms with E-state index in [1.165, 1.54) is 25.6 Å². The van der Waals surface area contributed by atoms with Crippen molar-refractivity contribution in [2.45, 2.75) is 31.6 Å². The molecule has 1 aromatic heterocycles. The van der Waals surface area contributed by atoms with E-state index >= 15 is 0 Å². The molecule has 0 saturated carbocycles. The van der Waals surface area contributed by atoms with Crippen molar-refractivity contribution in [1.82, 2.24) is 0 Å². The molecule has 1 atom stereocenters. The van der Waals surface area contributed by atoms with E-state index in [1.54, 1.807) is 0 Å². The Morgan fingerprint density at radius 1 is 1.14 bits per heavy atom. The number of hydrogen-bond acceptors (Lipinski definition) is 7. The number of amides is 1. The van der Waals surface area contributed by atoms with Crippen LogP contribution in [0.2, 0.25) is 0 Å². The Morgan fingerprint density at radius 2 is 1.90 bits per heavy atom. The van der Waals surface area contributed by atoms with Gasteiger partial charge >= 0.3 is 11.9 Å². The smallest absolute Gasteiger partial charge is 0.341 e. The van der Waals surface area contributed by atoms with Crippen molar-refractivity contribution in [3.8, 4) is 5.75 Å². The van der Waals surface area contributed by atoms with Crippen LogP contribution in [-0.4, -0.2) is 38.7 Å². The molecule has 1 unspecified atom stereocenters. The molecule has 1 aromatic carbocycles. The molecule has 1 heterocycles. The Morgan fingerprint density at radius 3 is 2.59 bits per heavy atom. The lowest BCUT2D eigenvalue weighted by Crippen LogP contribution is -2.18. The van der Waals surface area contributed by atoms with Crippen molar-refractivity contribution in [3.05, 3.63) is 46.3 Å². The van der Waals surface area contributed by atoms with Crippen LogP contribution < -0.4 is 10.1 Å². The van der Waals surface area contributed by atoms with E-state index in [-0.39, 0.29) is 23.9 Å². The summed E-state index contributed by atoms with van der Waals surface area (Å²) < 4.78 is 15.3. The van der Waals surface area contributed by atoms with Crippen LogP contribution in [0.5, 0.6) is 5.75 Å². The Balaban J connectivity index is 1.65. The van der Waals surface area contributed by atoms with Gasteiger partial charge in [-0.3, -0.25) is 9.59 Å². The highest BCUT2D eigenvalue weighted by Gasteiger charge is 2.38. The summed E-state index contributed by atoms with van der Waals surface area (Å²) in [4.78, 5) is 37.8. The summed E-state index contributed by atoms with van der Waals surface area (Å²) in [6, 6.07) is 9.38. The van der Waals surface area contributed by atoms with Crippen molar-refractivity contribution in [3.63, 3.8) is 0 Å². The summed E-state index contributed by atoms with van der Waals surface area (Å²) in [5.74, 6) is -0.931. The monoisotopic (exact) mass is 417 g/mol. The molecule has 2 aromatic rings. The van der Waals surface area contributed by atoms with Gasteiger partial charge in [0.1, 0.15) is 10.8 Å². The highest BCUT2D eigenvalue weighted by Crippen LogP contribution is 2.45. The minimum Gasteiger partial charge on any atom is -0.494 e. The Kier molecular flexibility index (Phi) is 6.87. The molecule has 0 radical (unpaired) electrons. The van der Waals surface area contributed by atoms with Gasteiger partial charge in [-0.05, 0) is 37.0 Å². The van der Waals surface area contributed by atoms with Gasteiger partial charge in [-0.2, -0.15) is 0 Å². The summed E-state index contributed by atoms with van der Waals surface area (Å²) in [5.41, 5.74) is 0.880. The first-order valence-corrected chi connectivity index (χ1v) is 10.2. The Labute approximate surface area is 173 Å². The molecule has 29 heavy (non-hydrogen) atoms. The van der Waals surface area contributed by atoms with Crippen molar-refractivity contribution < 1.29 is 28.6 Å². The van der Waals surface area contributed by atoms with Crippen LogP contribution in [0, 0.1) is 0 Å². The van der Waals surface area contributed by atoms with Crippen molar-refractivity contribution >= 4 is 34.2 Å². The molecule has 0 fully saturated rings. The number of para-hydroxylation sites is 1. The molecule has 0 aliphatic heterocycles. The van der Waals surface area contributed by atoms with Gasteiger partial charge in [0.05, 0.1) is 32.3 Å².